The highest BCUT2D eigenvalue weighted by Gasteiger charge is 2.58. The Hall–Kier alpha value is -2.46. The predicted octanol–water partition coefficient (Wildman–Crippen LogP) is 5.40. The van der Waals surface area contributed by atoms with Gasteiger partial charge in [-0.2, -0.15) is 13.2 Å². The van der Waals surface area contributed by atoms with Gasteiger partial charge in [-0.25, -0.2) is 4.39 Å². The monoisotopic (exact) mass is 491 g/mol. The molecule has 2 aliphatic rings. The third-order valence-corrected chi connectivity index (χ3v) is 8.09. The lowest BCUT2D eigenvalue weighted by molar-refractivity contribution is -0.137. The van der Waals surface area contributed by atoms with E-state index in [4.69, 9.17) is 0 Å². The fraction of sp³-hybridized carbons (Fsp3) is 0.458. The van der Waals surface area contributed by atoms with Gasteiger partial charge in [0.05, 0.1) is 5.56 Å². The van der Waals surface area contributed by atoms with Crippen molar-refractivity contribution in [2.45, 2.75) is 36.5 Å². The largest absolute Gasteiger partial charge is 0.416 e. The average Bonchev–Trinajstić information content (AvgIpc) is 3.14. The maximum atomic E-state index is 14.4. The van der Waals surface area contributed by atoms with Gasteiger partial charge in [-0.3, -0.25) is 4.98 Å². The molecule has 3 heterocycles. The molecular formula is C24H25F4N5S. The van der Waals surface area contributed by atoms with Gasteiger partial charge in [-0.05, 0) is 73.5 Å². The minimum atomic E-state index is -4.52. The first-order chi connectivity index (χ1) is 16.3. The SMILES string of the molecule is Cn1c(SCCCN2CCC3(CC3c3ccc(C(F)(F)F)cc3F)C2)nnc1-c1ccncc1. The zero-order valence-electron chi connectivity index (χ0n) is 18.7. The Kier molecular flexibility index (Phi) is 6.14. The van der Waals surface area contributed by atoms with Crippen LogP contribution in [0.2, 0.25) is 0 Å². The quantitative estimate of drug-likeness (QED) is 0.252. The molecule has 2 unspecified atom stereocenters. The second-order valence-corrected chi connectivity index (χ2v) is 10.2. The summed E-state index contributed by atoms with van der Waals surface area (Å²) in [6.07, 6.45) is 1.74. The molecule has 2 atom stereocenters. The van der Waals surface area contributed by atoms with Crippen molar-refractivity contribution in [3.63, 3.8) is 0 Å². The van der Waals surface area contributed by atoms with Crippen molar-refractivity contribution in [3.05, 3.63) is 59.7 Å². The molecule has 180 valence electrons. The van der Waals surface area contributed by atoms with E-state index in [-0.39, 0.29) is 11.3 Å². The van der Waals surface area contributed by atoms with Crippen LogP contribution in [-0.2, 0) is 13.2 Å². The number of benzene rings is 1. The van der Waals surface area contributed by atoms with E-state index in [1.807, 2.05) is 23.7 Å². The molecule has 5 rings (SSSR count). The van der Waals surface area contributed by atoms with Crippen LogP contribution in [0.3, 0.4) is 0 Å². The van der Waals surface area contributed by atoms with Crippen molar-refractivity contribution in [3.8, 4) is 11.4 Å². The van der Waals surface area contributed by atoms with Crippen LogP contribution in [0.5, 0.6) is 0 Å². The van der Waals surface area contributed by atoms with E-state index in [9.17, 15) is 17.6 Å². The first-order valence-electron chi connectivity index (χ1n) is 11.3. The molecule has 1 saturated heterocycles. The van der Waals surface area contributed by atoms with Crippen molar-refractivity contribution >= 4 is 11.8 Å². The first-order valence-corrected chi connectivity index (χ1v) is 12.3. The Labute approximate surface area is 199 Å². The molecule has 34 heavy (non-hydrogen) atoms. The maximum Gasteiger partial charge on any atom is 0.416 e. The molecule has 0 amide bonds. The van der Waals surface area contributed by atoms with E-state index in [0.717, 1.165) is 67.3 Å². The third-order valence-electron chi connectivity index (χ3n) is 6.98. The molecule has 0 bridgehead atoms. The van der Waals surface area contributed by atoms with Crippen LogP contribution in [0.25, 0.3) is 11.4 Å². The maximum absolute atomic E-state index is 14.4. The third kappa shape index (κ3) is 4.57. The predicted molar refractivity (Wildman–Crippen MR) is 122 cm³/mol. The van der Waals surface area contributed by atoms with Gasteiger partial charge in [0.2, 0.25) is 0 Å². The van der Waals surface area contributed by atoms with Gasteiger partial charge in [0, 0.05) is 37.3 Å². The minimum absolute atomic E-state index is 0.0107. The van der Waals surface area contributed by atoms with Crippen LogP contribution in [0.4, 0.5) is 17.6 Å². The number of pyridine rings is 1. The number of aromatic nitrogens is 4. The van der Waals surface area contributed by atoms with E-state index < -0.39 is 17.6 Å². The van der Waals surface area contributed by atoms with E-state index in [1.54, 1.807) is 24.2 Å². The highest BCUT2D eigenvalue weighted by atomic mass is 32.2. The molecule has 2 fully saturated rings. The number of halogens is 4. The molecule has 0 radical (unpaired) electrons. The first kappa shape index (κ1) is 23.3. The normalized spacial score (nSPS) is 22.6. The molecule has 0 N–H and O–H groups in total. The molecule has 1 spiro atoms. The second kappa shape index (κ2) is 8.96. The number of thioether (sulfide) groups is 1. The van der Waals surface area contributed by atoms with Gasteiger partial charge in [-0.1, -0.05) is 17.8 Å². The number of nitrogens with zero attached hydrogens (tertiary/aromatic N) is 5. The molecule has 10 heteroatoms. The zero-order chi connectivity index (χ0) is 23.9. The number of rotatable bonds is 7. The lowest BCUT2D eigenvalue weighted by atomic mass is 9.97. The average molecular weight is 492 g/mol. The Morgan fingerprint density at radius 3 is 2.68 bits per heavy atom. The van der Waals surface area contributed by atoms with Crippen molar-refractivity contribution < 1.29 is 17.6 Å². The highest BCUT2D eigenvalue weighted by Crippen LogP contribution is 2.64. The zero-order valence-corrected chi connectivity index (χ0v) is 19.5. The topological polar surface area (TPSA) is 46.8 Å². The summed E-state index contributed by atoms with van der Waals surface area (Å²) in [5, 5.41) is 9.46. The lowest BCUT2D eigenvalue weighted by Crippen LogP contribution is -2.23. The Morgan fingerprint density at radius 1 is 1.15 bits per heavy atom. The molecule has 1 aromatic carbocycles. The number of likely N-dealkylation sites (tertiary alicyclic amines) is 1. The Bertz CT molecular complexity index is 1170. The highest BCUT2D eigenvalue weighted by molar-refractivity contribution is 7.99. The summed E-state index contributed by atoms with van der Waals surface area (Å²) in [5.41, 5.74) is 0.488. The number of alkyl halides is 3. The van der Waals surface area contributed by atoms with Crippen LogP contribution in [0, 0.1) is 11.2 Å². The fourth-order valence-electron chi connectivity index (χ4n) is 5.04. The molecule has 1 aliphatic heterocycles. The van der Waals surface area contributed by atoms with Crippen molar-refractivity contribution in [1.82, 2.24) is 24.6 Å². The van der Waals surface area contributed by atoms with E-state index >= 15 is 0 Å². The summed E-state index contributed by atoms with van der Waals surface area (Å²) in [4.78, 5) is 6.42. The van der Waals surface area contributed by atoms with E-state index in [2.05, 4.69) is 20.1 Å². The molecule has 5 nitrogen and oxygen atoms in total. The molecule has 1 saturated carbocycles. The van der Waals surface area contributed by atoms with E-state index in [0.29, 0.717) is 11.6 Å². The molecular weight excluding hydrogens is 466 g/mol. The summed E-state index contributed by atoms with van der Waals surface area (Å²) < 4.78 is 54.9. The van der Waals surface area contributed by atoms with Crippen molar-refractivity contribution in [1.29, 1.82) is 0 Å². The fourth-order valence-corrected chi connectivity index (χ4v) is 5.88. The van der Waals surface area contributed by atoms with Crippen LogP contribution in [0.15, 0.2) is 47.9 Å². The Balaban J connectivity index is 1.11. The van der Waals surface area contributed by atoms with Gasteiger partial charge in [0.1, 0.15) is 5.82 Å². The van der Waals surface area contributed by atoms with Crippen LogP contribution < -0.4 is 0 Å². The summed E-state index contributed by atoms with van der Waals surface area (Å²) in [6, 6.07) is 6.78. The van der Waals surface area contributed by atoms with Crippen LogP contribution in [0.1, 0.15) is 36.3 Å². The van der Waals surface area contributed by atoms with Gasteiger partial charge in [0.25, 0.3) is 0 Å². The summed E-state index contributed by atoms with van der Waals surface area (Å²) in [7, 11) is 1.95. The number of hydrogen-bond acceptors (Lipinski definition) is 5. The molecule has 1 aliphatic carbocycles. The smallest absolute Gasteiger partial charge is 0.305 e. The molecule has 3 aromatic rings. The molecule has 2 aromatic heterocycles. The van der Waals surface area contributed by atoms with Gasteiger partial charge < -0.3 is 9.47 Å². The van der Waals surface area contributed by atoms with Gasteiger partial charge in [0.15, 0.2) is 11.0 Å². The number of hydrogen-bond donors (Lipinski definition) is 0. The van der Waals surface area contributed by atoms with Gasteiger partial charge in [-0.15, -0.1) is 10.2 Å². The van der Waals surface area contributed by atoms with Crippen molar-refractivity contribution in [2.24, 2.45) is 12.5 Å². The minimum Gasteiger partial charge on any atom is -0.305 e. The van der Waals surface area contributed by atoms with E-state index in [1.165, 1.54) is 6.07 Å². The summed E-state index contributed by atoms with van der Waals surface area (Å²) in [6.45, 7) is 2.75. The lowest BCUT2D eigenvalue weighted by Gasteiger charge is -2.16. The second-order valence-electron chi connectivity index (χ2n) is 9.18. The van der Waals surface area contributed by atoms with Crippen LogP contribution in [-0.4, -0.2) is 50.0 Å². The van der Waals surface area contributed by atoms with Crippen molar-refractivity contribution in [2.75, 3.05) is 25.4 Å². The van der Waals surface area contributed by atoms with Gasteiger partial charge >= 0.3 is 6.18 Å². The summed E-state index contributed by atoms with van der Waals surface area (Å²) in [5.74, 6) is 0.991. The van der Waals surface area contributed by atoms with Crippen LogP contribution >= 0.6 is 11.8 Å². The Morgan fingerprint density at radius 2 is 1.94 bits per heavy atom. The standard InChI is InChI=1S/C24H25F4N5S/c1-32-21(16-5-8-29-9-6-16)30-31-22(32)34-12-2-10-33-11-7-23(15-33)14-19(23)18-4-3-17(13-20(18)25)24(26,27)28/h3-6,8-9,13,19H,2,7,10-12,14-15H2,1H3. The summed E-state index contributed by atoms with van der Waals surface area (Å²) >= 11 is 1.67.